The third kappa shape index (κ3) is 2.80. The quantitative estimate of drug-likeness (QED) is 0.932. The first-order valence-electron chi connectivity index (χ1n) is 6.80. The van der Waals surface area contributed by atoms with Gasteiger partial charge in [0.25, 0.3) is 0 Å². The van der Waals surface area contributed by atoms with Gasteiger partial charge in [-0.1, -0.05) is 24.3 Å². The van der Waals surface area contributed by atoms with E-state index in [1.807, 2.05) is 13.0 Å². The lowest BCUT2D eigenvalue weighted by Gasteiger charge is -2.27. The van der Waals surface area contributed by atoms with E-state index in [2.05, 4.69) is 0 Å². The highest BCUT2D eigenvalue weighted by Crippen LogP contribution is 2.45. The highest BCUT2D eigenvalue weighted by atomic mass is 19.4. The van der Waals surface area contributed by atoms with E-state index in [-0.39, 0.29) is 13.0 Å². The number of rotatable bonds is 3. The van der Waals surface area contributed by atoms with E-state index < -0.39 is 36.4 Å². The number of carbonyl (C=O) groups is 2. The van der Waals surface area contributed by atoms with Crippen LogP contribution >= 0.6 is 0 Å². The second-order valence-corrected chi connectivity index (χ2v) is 5.55. The summed E-state index contributed by atoms with van der Waals surface area (Å²) in [5.74, 6) is -2.41. The highest BCUT2D eigenvalue weighted by Gasteiger charge is 2.64. The lowest BCUT2D eigenvalue weighted by atomic mass is 9.86. The number of carbonyl (C=O) groups excluding carboxylic acids is 1. The van der Waals surface area contributed by atoms with Crippen LogP contribution in [0.5, 0.6) is 0 Å². The van der Waals surface area contributed by atoms with E-state index in [4.69, 9.17) is 5.11 Å². The number of aliphatic carboxylic acids is 1. The van der Waals surface area contributed by atoms with Crippen LogP contribution in [-0.2, 0) is 16.0 Å². The molecule has 1 atom stereocenters. The van der Waals surface area contributed by atoms with Gasteiger partial charge in [0.1, 0.15) is 0 Å². The van der Waals surface area contributed by atoms with Crippen molar-refractivity contribution < 1.29 is 27.9 Å². The topological polar surface area (TPSA) is 57.6 Å². The summed E-state index contributed by atoms with van der Waals surface area (Å²) < 4.78 is 39.2. The van der Waals surface area contributed by atoms with Crippen LogP contribution in [-0.4, -0.2) is 41.1 Å². The molecule has 1 N–H and O–H groups in total. The number of carboxylic acid groups (broad SMARTS) is 1. The molecule has 2 rings (SSSR count). The molecule has 1 saturated heterocycles. The fourth-order valence-corrected chi connectivity index (χ4v) is 2.63. The van der Waals surface area contributed by atoms with E-state index in [0.717, 1.165) is 16.0 Å². The number of nitrogens with zero attached hydrogens (tertiary/aromatic N) is 1. The predicted octanol–water partition coefficient (Wildman–Crippen LogP) is 2.40. The zero-order chi connectivity index (χ0) is 16.5. The fraction of sp³-hybridized carbons (Fsp3) is 0.467. The minimum atomic E-state index is -4.88. The van der Waals surface area contributed by atoms with Gasteiger partial charge in [-0.25, -0.2) is 0 Å². The third-order valence-corrected chi connectivity index (χ3v) is 4.18. The number of aryl methyl sites for hydroxylation is 1. The van der Waals surface area contributed by atoms with E-state index in [9.17, 15) is 22.8 Å². The van der Waals surface area contributed by atoms with Gasteiger partial charge in [-0.3, -0.25) is 9.59 Å². The maximum atomic E-state index is 13.1. The Bertz CT molecular complexity index is 600. The number of alkyl halides is 3. The molecular weight excluding hydrogens is 299 g/mol. The monoisotopic (exact) mass is 315 g/mol. The van der Waals surface area contributed by atoms with Crippen molar-refractivity contribution in [2.75, 3.05) is 13.1 Å². The lowest BCUT2D eigenvalue weighted by molar-refractivity contribution is -0.227. The standard InChI is InChI=1S/C15H16F3NO3/c1-10-4-2-3-5-11(10)8-12(20)19-7-6-14(9-19,13(21)22)15(16,17)18/h2-5H,6-9H2,1H3,(H,21,22). The maximum absolute atomic E-state index is 13.1. The lowest BCUT2D eigenvalue weighted by Crippen LogP contribution is -2.47. The maximum Gasteiger partial charge on any atom is 0.406 e. The molecule has 1 aromatic rings. The Morgan fingerprint density at radius 3 is 2.45 bits per heavy atom. The Hall–Kier alpha value is -2.05. The first-order valence-corrected chi connectivity index (χ1v) is 6.80. The second kappa shape index (κ2) is 5.62. The smallest absolute Gasteiger partial charge is 0.406 e. The van der Waals surface area contributed by atoms with Crippen LogP contribution < -0.4 is 0 Å². The molecule has 1 heterocycles. The molecule has 7 heteroatoms. The van der Waals surface area contributed by atoms with Crippen LogP contribution in [0.2, 0.25) is 0 Å². The van der Waals surface area contributed by atoms with Gasteiger partial charge in [0.05, 0.1) is 6.42 Å². The van der Waals surface area contributed by atoms with Crippen LogP contribution in [0.15, 0.2) is 24.3 Å². The van der Waals surface area contributed by atoms with Gasteiger partial charge in [0.15, 0.2) is 5.41 Å². The van der Waals surface area contributed by atoms with Crippen molar-refractivity contribution >= 4 is 11.9 Å². The van der Waals surface area contributed by atoms with Crippen molar-refractivity contribution in [2.45, 2.75) is 25.9 Å². The zero-order valence-corrected chi connectivity index (χ0v) is 12.0. The van der Waals surface area contributed by atoms with Gasteiger partial charge in [0.2, 0.25) is 5.91 Å². The van der Waals surface area contributed by atoms with Crippen LogP contribution in [0.1, 0.15) is 17.5 Å². The Morgan fingerprint density at radius 2 is 1.95 bits per heavy atom. The largest absolute Gasteiger partial charge is 0.481 e. The minimum Gasteiger partial charge on any atom is -0.481 e. The summed E-state index contributed by atoms with van der Waals surface area (Å²) in [6.45, 7) is 0.789. The summed E-state index contributed by atoms with van der Waals surface area (Å²) in [5.41, 5.74) is -1.25. The molecule has 1 unspecified atom stereocenters. The highest BCUT2D eigenvalue weighted by molar-refractivity contribution is 5.82. The van der Waals surface area contributed by atoms with Gasteiger partial charge >= 0.3 is 12.1 Å². The van der Waals surface area contributed by atoms with Crippen molar-refractivity contribution in [3.63, 3.8) is 0 Å². The number of carboxylic acids is 1. The number of amides is 1. The van der Waals surface area contributed by atoms with E-state index in [0.29, 0.717) is 0 Å². The number of hydrogen-bond acceptors (Lipinski definition) is 2. The Balaban J connectivity index is 2.14. The molecule has 0 saturated carbocycles. The van der Waals surface area contributed by atoms with Gasteiger partial charge in [-0.05, 0) is 24.5 Å². The molecule has 1 aromatic carbocycles. The normalized spacial score (nSPS) is 21.9. The van der Waals surface area contributed by atoms with E-state index in [1.54, 1.807) is 18.2 Å². The zero-order valence-electron chi connectivity index (χ0n) is 12.0. The number of benzene rings is 1. The minimum absolute atomic E-state index is 0.0276. The molecule has 4 nitrogen and oxygen atoms in total. The molecule has 0 aromatic heterocycles. The molecule has 0 spiro atoms. The third-order valence-electron chi connectivity index (χ3n) is 4.18. The Morgan fingerprint density at radius 1 is 1.32 bits per heavy atom. The fourth-order valence-electron chi connectivity index (χ4n) is 2.63. The average Bonchev–Trinajstić information content (AvgIpc) is 2.87. The van der Waals surface area contributed by atoms with Crippen molar-refractivity contribution in [2.24, 2.45) is 5.41 Å². The summed E-state index contributed by atoms with van der Waals surface area (Å²) >= 11 is 0. The molecule has 0 radical (unpaired) electrons. The Labute approximate surface area is 125 Å². The van der Waals surface area contributed by atoms with Crippen molar-refractivity contribution in [3.05, 3.63) is 35.4 Å². The molecule has 1 fully saturated rings. The van der Waals surface area contributed by atoms with Gasteiger partial charge in [0, 0.05) is 13.1 Å². The van der Waals surface area contributed by atoms with Gasteiger partial charge in [-0.2, -0.15) is 13.2 Å². The van der Waals surface area contributed by atoms with Gasteiger partial charge in [-0.15, -0.1) is 0 Å². The predicted molar refractivity (Wildman–Crippen MR) is 72.2 cm³/mol. The van der Waals surface area contributed by atoms with E-state index in [1.165, 1.54) is 0 Å². The molecule has 1 aliphatic rings. The number of likely N-dealkylation sites (tertiary alicyclic amines) is 1. The Kier molecular flexibility index (Phi) is 4.17. The van der Waals surface area contributed by atoms with Crippen molar-refractivity contribution in [1.29, 1.82) is 0 Å². The summed E-state index contributed by atoms with van der Waals surface area (Å²) in [6, 6.07) is 7.09. The van der Waals surface area contributed by atoms with Crippen LogP contribution in [0, 0.1) is 12.3 Å². The van der Waals surface area contributed by atoms with Crippen LogP contribution in [0.25, 0.3) is 0 Å². The molecule has 1 aliphatic heterocycles. The number of hydrogen-bond donors (Lipinski definition) is 1. The molecule has 120 valence electrons. The molecular formula is C15H16F3NO3. The summed E-state index contributed by atoms with van der Waals surface area (Å²) in [6.07, 6.45) is -5.51. The van der Waals surface area contributed by atoms with Crippen molar-refractivity contribution in [1.82, 2.24) is 4.90 Å². The first-order chi connectivity index (χ1) is 10.2. The van der Waals surface area contributed by atoms with Crippen molar-refractivity contribution in [3.8, 4) is 0 Å². The molecule has 1 amide bonds. The summed E-state index contributed by atoms with van der Waals surface area (Å²) in [5, 5.41) is 8.97. The molecule has 22 heavy (non-hydrogen) atoms. The van der Waals surface area contributed by atoms with E-state index >= 15 is 0 Å². The number of halogens is 3. The summed E-state index contributed by atoms with van der Waals surface area (Å²) in [7, 11) is 0. The van der Waals surface area contributed by atoms with Crippen LogP contribution in [0.4, 0.5) is 13.2 Å². The SMILES string of the molecule is Cc1ccccc1CC(=O)N1CCC(C(=O)O)(C(F)(F)F)C1. The molecule has 0 bridgehead atoms. The van der Waals surface area contributed by atoms with Gasteiger partial charge < -0.3 is 10.0 Å². The molecule has 0 aliphatic carbocycles. The average molecular weight is 315 g/mol. The summed E-state index contributed by atoms with van der Waals surface area (Å²) in [4.78, 5) is 24.3. The van der Waals surface area contributed by atoms with Crippen LogP contribution in [0.3, 0.4) is 0 Å². The first kappa shape index (κ1) is 16.3. The second-order valence-electron chi connectivity index (χ2n) is 5.55.